The number of ether oxygens (including phenoxy) is 1. The van der Waals surface area contributed by atoms with Crippen LogP contribution in [0.25, 0.3) is 0 Å². The molecule has 1 aliphatic rings. The zero-order valence-electron chi connectivity index (χ0n) is 10.7. The van der Waals surface area contributed by atoms with Gasteiger partial charge in [0.1, 0.15) is 6.07 Å². The zero-order chi connectivity index (χ0) is 13.2. The van der Waals surface area contributed by atoms with E-state index < -0.39 is 0 Å². The highest BCUT2D eigenvalue weighted by Gasteiger charge is 2.38. The first-order valence-electron chi connectivity index (χ1n) is 5.91. The minimum atomic E-state index is -0.211. The van der Waals surface area contributed by atoms with E-state index in [1.165, 1.54) is 0 Å². The Balaban J connectivity index is 2.16. The van der Waals surface area contributed by atoms with Crippen molar-refractivity contribution < 1.29 is 9.84 Å². The molecule has 0 spiro atoms. The Morgan fingerprint density at radius 2 is 2.28 bits per heavy atom. The van der Waals surface area contributed by atoms with Crippen LogP contribution in [-0.4, -0.2) is 36.5 Å². The highest BCUT2D eigenvalue weighted by Crippen LogP contribution is 2.28. The van der Waals surface area contributed by atoms with Gasteiger partial charge >= 0.3 is 0 Å². The fraction of sp³-hybridized carbons (Fsp3) is 0.538. The van der Waals surface area contributed by atoms with Crippen molar-refractivity contribution in [2.75, 3.05) is 31.7 Å². The molecule has 0 aromatic carbocycles. The summed E-state index contributed by atoms with van der Waals surface area (Å²) in [6.45, 7) is 5.52. The first-order valence-corrected chi connectivity index (χ1v) is 5.91. The van der Waals surface area contributed by atoms with Crippen LogP contribution in [0.2, 0.25) is 0 Å². The van der Waals surface area contributed by atoms with Crippen molar-refractivity contribution in [1.29, 1.82) is 5.26 Å². The predicted octanol–water partition coefficient (Wildman–Crippen LogP) is 0.991. The standard InChI is InChI=1S/C13H17N3O2/c1-9-3-12(11(4-14)10(2)16-9)15-5-13(6-17)7-18-8-13/h3,17H,5-8H2,1-2H3,(H,15,16). The number of nitrogens with zero attached hydrogens (tertiary/aromatic N) is 2. The molecule has 96 valence electrons. The number of hydrogen-bond acceptors (Lipinski definition) is 5. The second-order valence-corrected chi connectivity index (χ2v) is 4.89. The third kappa shape index (κ3) is 2.30. The molecule has 1 aromatic rings. The molecule has 0 saturated carbocycles. The number of aliphatic hydroxyl groups is 1. The number of rotatable bonds is 4. The predicted molar refractivity (Wildman–Crippen MR) is 67.3 cm³/mol. The highest BCUT2D eigenvalue weighted by molar-refractivity contribution is 5.59. The number of aryl methyl sites for hydroxylation is 2. The lowest BCUT2D eigenvalue weighted by atomic mass is 9.87. The van der Waals surface area contributed by atoms with E-state index in [1.54, 1.807) is 0 Å². The topological polar surface area (TPSA) is 78.2 Å². The Hall–Kier alpha value is -1.64. The first kappa shape index (κ1) is 12.8. The van der Waals surface area contributed by atoms with Crippen molar-refractivity contribution in [2.45, 2.75) is 13.8 Å². The molecule has 0 radical (unpaired) electrons. The third-order valence-electron chi connectivity index (χ3n) is 3.25. The van der Waals surface area contributed by atoms with Crippen molar-refractivity contribution in [3.8, 4) is 6.07 Å². The van der Waals surface area contributed by atoms with Crippen LogP contribution in [-0.2, 0) is 4.74 Å². The molecule has 1 fully saturated rings. The molecular formula is C13H17N3O2. The van der Waals surface area contributed by atoms with Gasteiger partial charge in [0.2, 0.25) is 0 Å². The van der Waals surface area contributed by atoms with Gasteiger partial charge in [0, 0.05) is 12.2 Å². The quantitative estimate of drug-likeness (QED) is 0.829. The second kappa shape index (κ2) is 4.92. The molecular weight excluding hydrogens is 230 g/mol. The molecule has 1 aliphatic heterocycles. The van der Waals surface area contributed by atoms with Crippen molar-refractivity contribution >= 4 is 5.69 Å². The summed E-state index contributed by atoms with van der Waals surface area (Å²) in [5, 5.41) is 21.7. The fourth-order valence-electron chi connectivity index (χ4n) is 2.03. The number of anilines is 1. The molecule has 1 saturated heterocycles. The van der Waals surface area contributed by atoms with Gasteiger partial charge < -0.3 is 15.2 Å². The SMILES string of the molecule is Cc1cc(NCC2(CO)COC2)c(C#N)c(C)n1. The van der Waals surface area contributed by atoms with Gasteiger partial charge in [-0.25, -0.2) is 0 Å². The van der Waals surface area contributed by atoms with Crippen molar-refractivity contribution in [3.63, 3.8) is 0 Å². The molecule has 0 amide bonds. The van der Waals surface area contributed by atoms with Crippen LogP contribution in [0.5, 0.6) is 0 Å². The molecule has 2 rings (SSSR count). The Kier molecular flexibility index (Phi) is 3.50. The maximum atomic E-state index is 9.35. The average Bonchev–Trinajstić information content (AvgIpc) is 2.27. The summed E-state index contributed by atoms with van der Waals surface area (Å²) in [4.78, 5) is 4.27. The van der Waals surface area contributed by atoms with Crippen molar-refractivity contribution in [3.05, 3.63) is 23.0 Å². The first-order chi connectivity index (χ1) is 8.60. The highest BCUT2D eigenvalue weighted by atomic mass is 16.5. The van der Waals surface area contributed by atoms with Gasteiger partial charge in [0.25, 0.3) is 0 Å². The van der Waals surface area contributed by atoms with Crippen molar-refractivity contribution in [2.24, 2.45) is 5.41 Å². The zero-order valence-corrected chi connectivity index (χ0v) is 10.7. The molecule has 5 nitrogen and oxygen atoms in total. The third-order valence-corrected chi connectivity index (χ3v) is 3.25. The van der Waals surface area contributed by atoms with E-state index in [2.05, 4.69) is 16.4 Å². The summed E-state index contributed by atoms with van der Waals surface area (Å²) in [7, 11) is 0. The molecule has 1 aromatic heterocycles. The number of aromatic nitrogens is 1. The minimum Gasteiger partial charge on any atom is -0.396 e. The Morgan fingerprint density at radius 1 is 1.56 bits per heavy atom. The number of aliphatic hydroxyl groups excluding tert-OH is 1. The molecule has 0 bridgehead atoms. The smallest absolute Gasteiger partial charge is 0.103 e. The molecule has 0 unspecified atom stereocenters. The van der Waals surface area contributed by atoms with Crippen LogP contribution in [0.4, 0.5) is 5.69 Å². The van der Waals surface area contributed by atoms with Gasteiger partial charge in [-0.2, -0.15) is 5.26 Å². The number of pyridine rings is 1. The minimum absolute atomic E-state index is 0.0882. The second-order valence-electron chi connectivity index (χ2n) is 4.89. The number of hydrogen-bond donors (Lipinski definition) is 2. The Morgan fingerprint density at radius 3 is 2.78 bits per heavy atom. The lowest BCUT2D eigenvalue weighted by Crippen LogP contribution is -2.50. The van der Waals surface area contributed by atoms with E-state index in [4.69, 9.17) is 10.00 Å². The lowest BCUT2D eigenvalue weighted by Gasteiger charge is -2.40. The van der Waals surface area contributed by atoms with Crippen LogP contribution in [0.3, 0.4) is 0 Å². The van der Waals surface area contributed by atoms with Crippen molar-refractivity contribution in [1.82, 2.24) is 4.98 Å². The number of nitriles is 1. The summed E-state index contributed by atoms with van der Waals surface area (Å²) < 4.78 is 5.14. The molecule has 2 N–H and O–H groups in total. The van der Waals surface area contributed by atoms with Crippen LogP contribution < -0.4 is 5.32 Å². The van der Waals surface area contributed by atoms with Crippen LogP contribution in [0.1, 0.15) is 17.0 Å². The summed E-state index contributed by atoms with van der Waals surface area (Å²) in [5.41, 5.74) is 2.73. The maximum Gasteiger partial charge on any atom is 0.103 e. The van der Waals surface area contributed by atoms with E-state index in [0.29, 0.717) is 25.3 Å². The molecule has 0 aliphatic carbocycles. The summed E-state index contributed by atoms with van der Waals surface area (Å²) in [6, 6.07) is 4.02. The van der Waals surface area contributed by atoms with Gasteiger partial charge in [0.15, 0.2) is 0 Å². The molecule has 5 heteroatoms. The summed E-state index contributed by atoms with van der Waals surface area (Å²) in [5.74, 6) is 0. The van der Waals surface area contributed by atoms with E-state index in [1.807, 2.05) is 19.9 Å². The summed E-state index contributed by atoms with van der Waals surface area (Å²) in [6.07, 6.45) is 0. The number of nitrogens with one attached hydrogen (secondary N) is 1. The molecule has 18 heavy (non-hydrogen) atoms. The fourth-order valence-corrected chi connectivity index (χ4v) is 2.03. The monoisotopic (exact) mass is 247 g/mol. The molecule has 0 atom stereocenters. The van der Waals surface area contributed by atoms with Crippen LogP contribution in [0.15, 0.2) is 6.07 Å². The average molecular weight is 247 g/mol. The Bertz CT molecular complexity index is 484. The maximum absolute atomic E-state index is 9.35. The van der Waals surface area contributed by atoms with Gasteiger partial charge in [-0.3, -0.25) is 4.98 Å². The van der Waals surface area contributed by atoms with Crippen LogP contribution in [0, 0.1) is 30.6 Å². The van der Waals surface area contributed by atoms with E-state index in [0.717, 1.165) is 17.1 Å². The van der Waals surface area contributed by atoms with Gasteiger partial charge in [0.05, 0.1) is 42.2 Å². The van der Waals surface area contributed by atoms with Gasteiger partial charge in [-0.05, 0) is 19.9 Å². The van der Waals surface area contributed by atoms with Gasteiger partial charge in [-0.15, -0.1) is 0 Å². The summed E-state index contributed by atoms with van der Waals surface area (Å²) >= 11 is 0. The van der Waals surface area contributed by atoms with Crippen LogP contribution >= 0.6 is 0 Å². The largest absolute Gasteiger partial charge is 0.396 e. The molecule has 2 heterocycles. The van der Waals surface area contributed by atoms with E-state index in [9.17, 15) is 5.11 Å². The lowest BCUT2D eigenvalue weighted by molar-refractivity contribution is -0.128. The van der Waals surface area contributed by atoms with Gasteiger partial charge in [-0.1, -0.05) is 0 Å². The van der Waals surface area contributed by atoms with E-state index in [-0.39, 0.29) is 12.0 Å². The Labute approximate surface area is 106 Å². The normalized spacial score (nSPS) is 16.8. The van der Waals surface area contributed by atoms with E-state index >= 15 is 0 Å².